The van der Waals surface area contributed by atoms with E-state index < -0.39 is 9.85 Å². The van der Waals surface area contributed by atoms with Crippen molar-refractivity contribution in [3.63, 3.8) is 0 Å². The number of aliphatic hydroxyl groups is 1. The third kappa shape index (κ3) is 21.7. The van der Waals surface area contributed by atoms with Gasteiger partial charge < -0.3 is 70.1 Å². The van der Waals surface area contributed by atoms with Gasteiger partial charge in [-0.25, -0.2) is 4.79 Å². The number of nitriles is 1. The predicted octanol–water partition coefficient (Wildman–Crippen LogP) is 11.0. The number of nitrogen functional groups attached to an aromatic ring is 2. The number of nitro groups is 2. The van der Waals surface area contributed by atoms with Gasteiger partial charge in [-0.1, -0.05) is 34.2 Å². The fourth-order valence-electron chi connectivity index (χ4n) is 6.74. The lowest BCUT2D eigenvalue weighted by molar-refractivity contribution is -0.385. The molecule has 5 heterocycles. The molecule has 8 N–H and O–H groups in total. The second-order valence-corrected chi connectivity index (χ2v) is 16.0. The summed E-state index contributed by atoms with van der Waals surface area (Å²) in [6, 6.07) is 29.5. The number of aliphatic hydroxyl groups excluding tert-OH is 1. The topological polar surface area (TPSA) is 370 Å². The number of nitrogens with two attached hydrogens (primary N) is 2. The quantitative estimate of drug-likeness (QED) is 0.0182. The molecule has 5 aromatic heterocycles. The molecule has 0 atom stereocenters. The second-order valence-electron chi connectivity index (χ2n) is 15.6. The SMILES string of the molecule is CC#N.CO.COc1ccc(-n2c(=O)[nH]c3cnccc32)c(OC)c1.COc1ccc(N)c(OC)c1.COc1ccc(Nc2ccncc2N)c(OC)c1.COc1ccc(Nc2ccncc2[N+](=O)[O-])c(OC)c1.O=[N+]([O-])c1cnccc1Cl.[2H]CI. The third-order valence-electron chi connectivity index (χ3n) is 10.7. The van der Waals surface area contributed by atoms with Crippen molar-refractivity contribution in [2.75, 3.05) is 91.0 Å². The Hall–Kier alpha value is -10.4. The Morgan fingerprint density at radius 1 is 0.593 bits per heavy atom. The van der Waals surface area contributed by atoms with E-state index in [9.17, 15) is 25.0 Å². The summed E-state index contributed by atoms with van der Waals surface area (Å²) < 4.78 is 49.0. The maximum absolute atomic E-state index is 12.2. The number of rotatable bonds is 15. The Balaban J connectivity index is 0.000000367. The van der Waals surface area contributed by atoms with Crippen LogP contribution < -0.4 is 65.7 Å². The van der Waals surface area contributed by atoms with E-state index in [-0.39, 0.29) is 22.1 Å². The number of pyridine rings is 4. The number of imidazole rings is 1. The summed E-state index contributed by atoms with van der Waals surface area (Å²) in [5, 5.41) is 41.6. The minimum absolute atomic E-state index is 0.106. The largest absolute Gasteiger partial charge is 0.497 e. The molecule has 0 bridgehead atoms. The van der Waals surface area contributed by atoms with Gasteiger partial charge in [0.2, 0.25) is 0 Å². The van der Waals surface area contributed by atoms with Crippen molar-refractivity contribution in [2.24, 2.45) is 0 Å². The second kappa shape index (κ2) is 39.2. The summed E-state index contributed by atoms with van der Waals surface area (Å²) in [5.74, 6) is 5.20. The summed E-state index contributed by atoms with van der Waals surface area (Å²) in [5.41, 5.74) is 16.7. The molecule has 0 fully saturated rings. The Bertz CT molecular complexity index is 3670. The number of hydrogen-bond donors (Lipinski definition) is 6. The molecule has 0 aliphatic carbocycles. The van der Waals surface area contributed by atoms with E-state index >= 15 is 0 Å². The van der Waals surface area contributed by atoms with E-state index in [1.165, 1.54) is 44.8 Å². The highest BCUT2D eigenvalue weighted by Gasteiger charge is 2.17. The number of H-pyrrole nitrogens is 1. The summed E-state index contributed by atoms with van der Waals surface area (Å²) >= 11 is 7.39. The van der Waals surface area contributed by atoms with Gasteiger partial charge in [-0.15, -0.1) is 0 Å². The number of halogens is 2. The highest BCUT2D eigenvalue weighted by atomic mass is 127. The number of hydrogen-bond acceptors (Lipinski definition) is 23. The minimum Gasteiger partial charge on any atom is -0.497 e. The van der Waals surface area contributed by atoms with E-state index in [4.69, 9.17) is 72.7 Å². The third-order valence-corrected chi connectivity index (χ3v) is 11.0. The van der Waals surface area contributed by atoms with Gasteiger partial charge >= 0.3 is 17.1 Å². The Kier molecular flexibility index (Phi) is 31.8. The highest BCUT2D eigenvalue weighted by Crippen LogP contribution is 2.36. The van der Waals surface area contributed by atoms with E-state index in [1.807, 2.05) is 34.7 Å². The lowest BCUT2D eigenvalue weighted by Gasteiger charge is -2.13. The number of nitrogens with zero attached hydrogens (tertiary/aromatic N) is 8. The van der Waals surface area contributed by atoms with Crippen LogP contribution in [0.5, 0.6) is 46.0 Å². The molecule has 456 valence electrons. The van der Waals surface area contributed by atoms with E-state index in [0.29, 0.717) is 73.4 Å². The molecule has 9 aromatic rings. The summed E-state index contributed by atoms with van der Waals surface area (Å²) in [6.07, 6.45) is 11.7. The zero-order valence-electron chi connectivity index (χ0n) is 49.3. The first kappa shape index (κ1) is 69.9. The fourth-order valence-corrected chi connectivity index (χ4v) is 6.92. The number of nitrogens with one attached hydrogen (secondary N) is 3. The zero-order valence-corrected chi connectivity index (χ0v) is 51.2. The van der Waals surface area contributed by atoms with Crippen LogP contribution in [-0.4, -0.2) is 113 Å². The van der Waals surface area contributed by atoms with Crippen molar-refractivity contribution < 1.29 is 54.2 Å². The highest BCUT2D eigenvalue weighted by molar-refractivity contribution is 14.1. The van der Waals surface area contributed by atoms with Gasteiger partial charge in [0.25, 0.3) is 0 Å². The molecule has 0 amide bonds. The summed E-state index contributed by atoms with van der Waals surface area (Å²) in [6.45, 7) is 1.43. The van der Waals surface area contributed by atoms with Crippen LogP contribution in [0.15, 0.2) is 151 Å². The van der Waals surface area contributed by atoms with E-state index in [1.54, 1.807) is 158 Å². The lowest BCUT2D eigenvalue weighted by atomic mass is 10.2. The maximum Gasteiger partial charge on any atom is 0.331 e. The molecular formula is C57H65ClIN13O14. The molecule has 86 heavy (non-hydrogen) atoms. The van der Waals surface area contributed by atoms with Crippen LogP contribution in [0.25, 0.3) is 16.7 Å². The van der Waals surface area contributed by atoms with Gasteiger partial charge in [-0.3, -0.25) is 44.7 Å². The van der Waals surface area contributed by atoms with Crippen molar-refractivity contribution in [3.8, 4) is 57.8 Å². The van der Waals surface area contributed by atoms with Crippen LogP contribution in [0, 0.1) is 31.6 Å². The van der Waals surface area contributed by atoms with Gasteiger partial charge in [0.15, 0.2) is 0 Å². The number of methoxy groups -OCH3 is 8. The van der Waals surface area contributed by atoms with E-state index in [0.717, 1.165) is 41.7 Å². The standard InChI is InChI=1S/C14H13N3O3.C13H13N3O4.C13H15N3O2.C8H11NO2.C5H3ClN2O2.C2H3N.CH3I.CH4O/c1-19-9-3-4-12(13(7-9)20-2)17-11-5-6-15-8-10(11)16-14(17)18;1-19-9-3-4-11(13(7-9)20-2)15-10-5-6-14-8-12(10)16(17)18;1-17-9-3-4-12(13(7-9)18-2)16-11-5-6-15-8-10(11)14;1-10-6-3-4-7(9)8(5-6)11-2;6-4-1-2-7-3-5(4)8(9)10;1-2-3;2*1-2/h3-8H,1-2H3,(H,16,18);3-8H,1-2H3,(H,14,15);3-8H,14H2,1-2H3,(H,15,16);3-5H,9H2,1-2H3;1-3H;1H3;1H3;2H,1H3/i;;;;;;1D;. The van der Waals surface area contributed by atoms with Crippen LogP contribution in [0.4, 0.5) is 45.5 Å². The van der Waals surface area contributed by atoms with Crippen LogP contribution in [-0.2, 0) is 0 Å². The Labute approximate surface area is 515 Å². The molecular weight excluding hydrogens is 1250 g/mol. The van der Waals surface area contributed by atoms with Crippen LogP contribution in [0.2, 0.25) is 5.02 Å². The Morgan fingerprint density at radius 2 is 1.00 bits per heavy atom. The number of alkyl halides is 1. The molecule has 29 heteroatoms. The number of aromatic amines is 1. The van der Waals surface area contributed by atoms with Gasteiger partial charge in [0, 0.05) is 64.5 Å². The number of anilines is 6. The summed E-state index contributed by atoms with van der Waals surface area (Å²) in [4.78, 5) is 50.6. The first-order valence-electron chi connectivity index (χ1n) is 25.0. The molecule has 0 saturated carbocycles. The minimum atomic E-state index is -0.574. The lowest BCUT2D eigenvalue weighted by Crippen LogP contribution is -2.15. The number of ether oxygens (including phenoxy) is 8. The van der Waals surface area contributed by atoms with Crippen molar-refractivity contribution in [1.29, 1.82) is 5.26 Å². The van der Waals surface area contributed by atoms with Gasteiger partial charge in [-0.2, -0.15) is 5.26 Å². The molecule has 0 unspecified atom stereocenters. The average molecular weight is 1320 g/mol. The number of fused-ring (bicyclic) bond motifs is 1. The molecule has 0 radical (unpaired) electrons. The van der Waals surface area contributed by atoms with Gasteiger partial charge in [0.05, 0.1) is 130 Å². The molecule has 4 aromatic carbocycles. The fraction of sp³-hybridized carbons (Fsp3) is 0.193. The number of aromatic nitrogens is 6. The smallest absolute Gasteiger partial charge is 0.331 e. The first-order valence-corrected chi connectivity index (χ1v) is 26.2. The predicted molar refractivity (Wildman–Crippen MR) is 339 cm³/mol. The van der Waals surface area contributed by atoms with Gasteiger partial charge in [0.1, 0.15) is 69.1 Å². The van der Waals surface area contributed by atoms with E-state index in [2.05, 4.69) is 35.6 Å². The van der Waals surface area contributed by atoms with Crippen molar-refractivity contribution >= 4 is 90.7 Å². The van der Waals surface area contributed by atoms with Crippen LogP contribution in [0.3, 0.4) is 0 Å². The molecule has 0 aliphatic rings. The van der Waals surface area contributed by atoms with Crippen molar-refractivity contribution in [1.82, 2.24) is 29.5 Å². The monoisotopic (exact) mass is 1320 g/mol. The average Bonchev–Trinajstić information content (AvgIpc) is 3.82. The maximum atomic E-state index is 12.2. The molecule has 27 nitrogen and oxygen atoms in total. The summed E-state index contributed by atoms with van der Waals surface area (Å²) in [7, 11) is 13.6. The molecule has 0 aliphatic heterocycles. The van der Waals surface area contributed by atoms with Crippen molar-refractivity contribution in [2.45, 2.75) is 6.92 Å². The van der Waals surface area contributed by atoms with Gasteiger partial charge in [-0.05, 0) is 77.7 Å². The molecule has 0 spiro atoms. The molecule has 0 saturated heterocycles. The zero-order chi connectivity index (χ0) is 64.8. The Morgan fingerprint density at radius 3 is 1.47 bits per heavy atom. The number of benzene rings is 4. The first-order chi connectivity index (χ1) is 42.0. The van der Waals surface area contributed by atoms with Crippen LogP contribution >= 0.6 is 34.2 Å². The molecule has 9 rings (SSSR count). The van der Waals surface area contributed by atoms with Crippen LogP contribution in [0.1, 0.15) is 8.29 Å². The van der Waals surface area contributed by atoms with Crippen molar-refractivity contribution in [3.05, 3.63) is 182 Å². The normalized spacial score (nSPS) is 9.51.